The zero-order chi connectivity index (χ0) is 9.56. The third kappa shape index (κ3) is 5.43. The molecule has 12 heavy (non-hydrogen) atoms. The van der Waals surface area contributed by atoms with Gasteiger partial charge in [0, 0.05) is 6.54 Å². The summed E-state index contributed by atoms with van der Waals surface area (Å²) < 4.78 is 0. The Bertz CT molecular complexity index is 175. The summed E-state index contributed by atoms with van der Waals surface area (Å²) in [6.07, 6.45) is 1.52. The van der Waals surface area contributed by atoms with Crippen LogP contribution in [0.3, 0.4) is 0 Å². The molecule has 0 saturated carbocycles. The van der Waals surface area contributed by atoms with Gasteiger partial charge in [-0.1, -0.05) is 6.08 Å². The van der Waals surface area contributed by atoms with Gasteiger partial charge >= 0.3 is 5.97 Å². The van der Waals surface area contributed by atoms with Crippen molar-refractivity contribution in [3.63, 3.8) is 0 Å². The van der Waals surface area contributed by atoms with Crippen molar-refractivity contribution in [2.45, 2.75) is 0 Å². The van der Waals surface area contributed by atoms with Gasteiger partial charge in [0.25, 0.3) is 0 Å². The molecule has 0 rings (SSSR count). The number of carbonyl (C=O) groups excluding carboxylic acids is 1. The Morgan fingerprint density at radius 2 is 2.08 bits per heavy atom. The number of primary amides is 1. The van der Waals surface area contributed by atoms with E-state index in [1.54, 1.807) is 0 Å². The van der Waals surface area contributed by atoms with E-state index < -0.39 is 11.9 Å². The molecule has 5 heteroatoms. The van der Waals surface area contributed by atoms with Crippen LogP contribution in [0.25, 0.3) is 0 Å². The highest BCUT2D eigenvalue weighted by atomic mass is 16.4. The molecule has 0 aromatic carbocycles. The van der Waals surface area contributed by atoms with Crippen LogP contribution in [0.15, 0.2) is 12.7 Å². The van der Waals surface area contributed by atoms with Gasteiger partial charge in [-0.15, -0.1) is 6.58 Å². The van der Waals surface area contributed by atoms with Gasteiger partial charge in [-0.05, 0) is 0 Å². The smallest absolute Gasteiger partial charge is 0.317 e. The van der Waals surface area contributed by atoms with Crippen molar-refractivity contribution in [3.05, 3.63) is 12.7 Å². The highest BCUT2D eigenvalue weighted by molar-refractivity contribution is 5.77. The van der Waals surface area contributed by atoms with Crippen molar-refractivity contribution in [1.82, 2.24) is 4.90 Å². The Labute approximate surface area is 70.5 Å². The topological polar surface area (TPSA) is 83.6 Å². The lowest BCUT2D eigenvalue weighted by Crippen LogP contribution is -2.37. The Morgan fingerprint density at radius 1 is 1.50 bits per heavy atom. The largest absolute Gasteiger partial charge is 0.480 e. The molecule has 1 amide bonds. The van der Waals surface area contributed by atoms with Crippen LogP contribution in [-0.2, 0) is 9.59 Å². The Hall–Kier alpha value is -1.36. The van der Waals surface area contributed by atoms with Crippen LogP contribution in [-0.4, -0.2) is 41.5 Å². The van der Waals surface area contributed by atoms with E-state index in [0.717, 1.165) is 0 Å². The number of carboxylic acid groups (broad SMARTS) is 1. The molecule has 0 radical (unpaired) electrons. The lowest BCUT2D eigenvalue weighted by molar-refractivity contribution is -0.138. The molecule has 5 nitrogen and oxygen atoms in total. The molecule has 0 heterocycles. The van der Waals surface area contributed by atoms with E-state index in [-0.39, 0.29) is 13.1 Å². The molecule has 0 saturated heterocycles. The number of nitrogens with two attached hydrogens (primary N) is 1. The van der Waals surface area contributed by atoms with Gasteiger partial charge in [0.05, 0.1) is 13.1 Å². The Balaban J connectivity index is 3.93. The number of nitrogens with zero attached hydrogens (tertiary/aromatic N) is 1. The van der Waals surface area contributed by atoms with Gasteiger partial charge in [-0.3, -0.25) is 14.5 Å². The van der Waals surface area contributed by atoms with Gasteiger partial charge < -0.3 is 10.8 Å². The van der Waals surface area contributed by atoms with Crippen molar-refractivity contribution in [1.29, 1.82) is 0 Å². The molecule has 68 valence electrons. The summed E-state index contributed by atoms with van der Waals surface area (Å²) in [5, 5.41) is 8.40. The van der Waals surface area contributed by atoms with Crippen molar-refractivity contribution >= 4 is 11.9 Å². The second-order valence-corrected chi connectivity index (χ2v) is 2.32. The summed E-state index contributed by atoms with van der Waals surface area (Å²) in [4.78, 5) is 22.0. The highest BCUT2D eigenvalue weighted by Gasteiger charge is 2.09. The van der Waals surface area contributed by atoms with Crippen molar-refractivity contribution in [2.24, 2.45) is 5.73 Å². The summed E-state index contributed by atoms with van der Waals surface area (Å²) in [5.74, 6) is -1.53. The zero-order valence-corrected chi connectivity index (χ0v) is 6.69. The number of carbonyl (C=O) groups is 2. The molecule has 3 N–H and O–H groups in total. The summed E-state index contributed by atoms with van der Waals surface area (Å²) >= 11 is 0. The minimum absolute atomic E-state index is 0.0572. The van der Waals surface area contributed by atoms with E-state index in [4.69, 9.17) is 10.8 Å². The third-order valence-electron chi connectivity index (χ3n) is 1.13. The molecule has 0 aliphatic heterocycles. The molecule has 0 aliphatic rings. The number of hydrogen-bond donors (Lipinski definition) is 2. The Morgan fingerprint density at radius 3 is 2.42 bits per heavy atom. The molecular formula is C7H12N2O3. The van der Waals surface area contributed by atoms with Crippen LogP contribution in [0, 0.1) is 0 Å². The molecule has 0 fully saturated rings. The number of hydrogen-bond acceptors (Lipinski definition) is 3. The normalized spacial score (nSPS) is 9.75. The van der Waals surface area contributed by atoms with Gasteiger partial charge in [-0.25, -0.2) is 0 Å². The average molecular weight is 172 g/mol. The van der Waals surface area contributed by atoms with E-state index in [1.807, 2.05) is 0 Å². The maximum Gasteiger partial charge on any atom is 0.317 e. The summed E-state index contributed by atoms with van der Waals surface area (Å²) in [6.45, 7) is 3.51. The first kappa shape index (κ1) is 10.6. The molecule has 0 unspecified atom stereocenters. The van der Waals surface area contributed by atoms with E-state index in [2.05, 4.69) is 6.58 Å². The summed E-state index contributed by atoms with van der Waals surface area (Å²) in [5.41, 5.74) is 4.89. The molecule has 0 spiro atoms. The fourth-order valence-corrected chi connectivity index (χ4v) is 0.779. The van der Waals surface area contributed by atoms with E-state index in [1.165, 1.54) is 11.0 Å². The van der Waals surface area contributed by atoms with E-state index >= 15 is 0 Å². The third-order valence-corrected chi connectivity index (χ3v) is 1.13. The first-order chi connectivity index (χ1) is 5.56. The molecule has 0 bridgehead atoms. The minimum atomic E-state index is -0.988. The van der Waals surface area contributed by atoms with Gasteiger partial charge in [0.15, 0.2) is 0 Å². The first-order valence-electron chi connectivity index (χ1n) is 3.39. The minimum Gasteiger partial charge on any atom is -0.480 e. The van der Waals surface area contributed by atoms with E-state index in [0.29, 0.717) is 6.54 Å². The summed E-state index contributed by atoms with van der Waals surface area (Å²) in [6, 6.07) is 0. The van der Waals surface area contributed by atoms with Crippen molar-refractivity contribution in [3.8, 4) is 0 Å². The second-order valence-electron chi connectivity index (χ2n) is 2.32. The molecule has 0 aliphatic carbocycles. The SMILES string of the molecule is C=CCN(CC(N)=O)CC(=O)O. The molecule has 0 atom stereocenters. The second kappa shape index (κ2) is 5.31. The standard InChI is InChI=1S/C7H12N2O3/c1-2-3-9(4-6(8)10)5-7(11)12/h2H,1,3-5H2,(H2,8,10)(H,11,12). The van der Waals surface area contributed by atoms with Gasteiger partial charge in [-0.2, -0.15) is 0 Å². The number of aliphatic carboxylic acids is 1. The average Bonchev–Trinajstić information content (AvgIpc) is 1.84. The maximum atomic E-state index is 10.4. The molecule has 0 aromatic heterocycles. The predicted octanol–water partition coefficient (Wildman–Crippen LogP) is -0.956. The van der Waals surface area contributed by atoms with Crippen LogP contribution in [0.2, 0.25) is 0 Å². The number of amides is 1. The quantitative estimate of drug-likeness (QED) is 0.506. The van der Waals surface area contributed by atoms with Crippen LogP contribution in [0.1, 0.15) is 0 Å². The highest BCUT2D eigenvalue weighted by Crippen LogP contribution is 1.87. The monoisotopic (exact) mass is 172 g/mol. The lowest BCUT2D eigenvalue weighted by atomic mass is 10.4. The fraction of sp³-hybridized carbons (Fsp3) is 0.429. The maximum absolute atomic E-state index is 10.4. The van der Waals surface area contributed by atoms with Gasteiger partial charge in [0.2, 0.25) is 5.91 Å². The van der Waals surface area contributed by atoms with Crippen LogP contribution >= 0.6 is 0 Å². The Kier molecular flexibility index (Phi) is 4.71. The zero-order valence-electron chi connectivity index (χ0n) is 6.69. The number of rotatable bonds is 6. The number of carboxylic acids is 1. The predicted molar refractivity (Wildman–Crippen MR) is 43.5 cm³/mol. The van der Waals surface area contributed by atoms with Crippen molar-refractivity contribution in [2.75, 3.05) is 19.6 Å². The molecule has 0 aromatic rings. The van der Waals surface area contributed by atoms with Crippen molar-refractivity contribution < 1.29 is 14.7 Å². The van der Waals surface area contributed by atoms with Crippen LogP contribution in [0.4, 0.5) is 0 Å². The van der Waals surface area contributed by atoms with Gasteiger partial charge in [0.1, 0.15) is 0 Å². The fourth-order valence-electron chi connectivity index (χ4n) is 0.779. The summed E-state index contributed by atoms with van der Waals surface area (Å²) in [7, 11) is 0. The molecular weight excluding hydrogens is 160 g/mol. The lowest BCUT2D eigenvalue weighted by Gasteiger charge is -2.15. The van der Waals surface area contributed by atoms with Crippen LogP contribution in [0.5, 0.6) is 0 Å². The van der Waals surface area contributed by atoms with Crippen LogP contribution < -0.4 is 5.73 Å². The first-order valence-corrected chi connectivity index (χ1v) is 3.39. The van der Waals surface area contributed by atoms with E-state index in [9.17, 15) is 9.59 Å².